The van der Waals surface area contributed by atoms with Crippen LogP contribution in [0, 0.1) is 5.92 Å². The normalized spacial score (nSPS) is 20.7. The van der Waals surface area contributed by atoms with Crippen LogP contribution < -0.4 is 15.8 Å². The third-order valence-corrected chi connectivity index (χ3v) is 5.76. The Labute approximate surface area is 207 Å². The molecule has 0 unspecified atom stereocenters. The van der Waals surface area contributed by atoms with Crippen molar-refractivity contribution >= 4 is 17.8 Å². The number of ether oxygens (including phenoxy) is 2. The maximum absolute atomic E-state index is 12.8. The van der Waals surface area contributed by atoms with Crippen molar-refractivity contribution < 1.29 is 34.1 Å². The summed E-state index contributed by atoms with van der Waals surface area (Å²) in [4.78, 5) is 33.2. The summed E-state index contributed by atoms with van der Waals surface area (Å²) in [5, 5.41) is 18.0. The van der Waals surface area contributed by atoms with E-state index in [4.69, 9.17) is 35.0 Å². The van der Waals surface area contributed by atoms with Gasteiger partial charge >= 0.3 is 0 Å². The second-order valence-corrected chi connectivity index (χ2v) is 8.76. The van der Waals surface area contributed by atoms with E-state index in [1.165, 1.54) is 5.56 Å². The Hall–Kier alpha value is -2.69. The summed E-state index contributed by atoms with van der Waals surface area (Å²) in [6, 6.07) is 8.65. The second-order valence-electron chi connectivity index (χ2n) is 8.76. The first-order valence-electron chi connectivity index (χ1n) is 12.0. The van der Waals surface area contributed by atoms with Gasteiger partial charge in [-0.05, 0) is 49.8 Å². The van der Waals surface area contributed by atoms with Crippen molar-refractivity contribution in [2.75, 3.05) is 40.0 Å². The molecule has 0 aliphatic carbocycles. The van der Waals surface area contributed by atoms with E-state index < -0.39 is 11.9 Å². The van der Waals surface area contributed by atoms with Crippen molar-refractivity contribution in [3.05, 3.63) is 29.8 Å². The van der Waals surface area contributed by atoms with Crippen molar-refractivity contribution in [1.82, 2.24) is 10.2 Å². The third kappa shape index (κ3) is 13.7. The minimum atomic E-state index is -0.833. The highest BCUT2D eigenvalue weighted by atomic mass is 16.5. The first-order valence-corrected chi connectivity index (χ1v) is 12.0. The zero-order valence-electron chi connectivity index (χ0n) is 21.1. The first-order chi connectivity index (χ1) is 16.6. The van der Waals surface area contributed by atoms with Gasteiger partial charge in [0.1, 0.15) is 5.75 Å². The van der Waals surface area contributed by atoms with Crippen LogP contribution in [-0.2, 0) is 25.5 Å². The average molecular weight is 496 g/mol. The summed E-state index contributed by atoms with van der Waals surface area (Å²) in [7, 11) is 1.66. The molecular weight excluding hydrogens is 454 g/mol. The van der Waals surface area contributed by atoms with Gasteiger partial charge in [-0.15, -0.1) is 0 Å². The lowest BCUT2D eigenvalue weighted by molar-refractivity contribution is -0.135. The Bertz CT molecular complexity index is 747. The number of carbonyl (C=O) groups is 3. The number of hydrogen-bond donors (Lipinski definition) is 4. The summed E-state index contributed by atoms with van der Waals surface area (Å²) in [5.41, 5.74) is 7.48. The number of likely N-dealkylation sites (tertiary alicyclic amines) is 1. The molecule has 35 heavy (non-hydrogen) atoms. The number of methoxy groups -OCH3 is 1. The van der Waals surface area contributed by atoms with E-state index in [9.17, 15) is 4.79 Å². The Balaban J connectivity index is 0.000000668. The molecule has 2 aliphatic rings. The molecule has 1 aromatic carbocycles. The molecule has 2 saturated heterocycles. The molecule has 2 heterocycles. The van der Waals surface area contributed by atoms with E-state index in [-0.39, 0.29) is 17.9 Å². The number of carboxylic acid groups (broad SMARTS) is 2. The van der Waals surface area contributed by atoms with Crippen LogP contribution in [0.25, 0.3) is 0 Å². The van der Waals surface area contributed by atoms with Gasteiger partial charge in [-0.2, -0.15) is 0 Å². The van der Waals surface area contributed by atoms with Gasteiger partial charge in [0.05, 0.1) is 13.0 Å². The summed E-state index contributed by atoms with van der Waals surface area (Å²) in [6.45, 7) is 6.16. The van der Waals surface area contributed by atoms with Crippen LogP contribution in [0.15, 0.2) is 24.3 Å². The molecular formula is C25H41N3O7. The predicted molar refractivity (Wildman–Crippen MR) is 132 cm³/mol. The number of nitrogens with one attached hydrogen (secondary N) is 1. The van der Waals surface area contributed by atoms with Gasteiger partial charge in [0.15, 0.2) is 0 Å². The molecule has 5 N–H and O–H groups in total. The first kappa shape index (κ1) is 30.3. The van der Waals surface area contributed by atoms with Crippen LogP contribution in [0.2, 0.25) is 0 Å². The van der Waals surface area contributed by atoms with Crippen molar-refractivity contribution in [3.63, 3.8) is 0 Å². The molecule has 1 aromatic rings. The minimum Gasteiger partial charge on any atom is -0.497 e. The molecule has 10 heteroatoms. The molecule has 0 saturated carbocycles. The second kappa shape index (κ2) is 16.9. The van der Waals surface area contributed by atoms with Gasteiger partial charge < -0.3 is 30.7 Å². The summed E-state index contributed by atoms with van der Waals surface area (Å²) < 4.78 is 10.7. The molecule has 3 rings (SSSR count). The lowest BCUT2D eigenvalue weighted by Crippen LogP contribution is -2.47. The van der Waals surface area contributed by atoms with Gasteiger partial charge in [-0.3, -0.25) is 19.3 Å². The topological polar surface area (TPSA) is 151 Å². The van der Waals surface area contributed by atoms with Crippen molar-refractivity contribution in [2.24, 2.45) is 11.7 Å². The van der Waals surface area contributed by atoms with E-state index in [1.54, 1.807) is 7.11 Å². The Morgan fingerprint density at radius 1 is 1.03 bits per heavy atom. The molecule has 2 aliphatic heterocycles. The number of benzene rings is 1. The van der Waals surface area contributed by atoms with E-state index in [0.717, 1.165) is 78.0 Å². The predicted octanol–water partition coefficient (Wildman–Crippen LogP) is 1.75. The lowest BCUT2D eigenvalue weighted by Gasteiger charge is -2.35. The molecule has 198 valence electrons. The number of aliphatic carboxylic acids is 2. The fourth-order valence-corrected chi connectivity index (χ4v) is 4.09. The number of carbonyl (C=O) groups excluding carboxylic acids is 1. The lowest BCUT2D eigenvalue weighted by atomic mass is 10.0. The number of hydrogen-bond acceptors (Lipinski definition) is 7. The Morgan fingerprint density at radius 2 is 1.60 bits per heavy atom. The van der Waals surface area contributed by atoms with E-state index in [0.29, 0.717) is 12.6 Å². The quantitative estimate of drug-likeness (QED) is 0.462. The number of amides is 1. The molecule has 0 spiro atoms. The standard InChI is InChI=1S/C21H33N3O3.2C2H4O2/c1-26-20-6-2-16(3-7-20)8-11-23-21(25)17-4-5-18(22)15-24(14-17)19-9-12-27-13-10-19;2*1-2(3)4/h2-3,6-7,17-19H,4-5,8-15,22H2,1H3,(H,23,25);2*1H3,(H,3,4)/t17-,18+;;/m1../s1. The maximum atomic E-state index is 12.8. The zero-order valence-corrected chi connectivity index (χ0v) is 21.1. The Morgan fingerprint density at radius 3 is 2.14 bits per heavy atom. The number of carboxylic acids is 2. The Kier molecular flexibility index (Phi) is 14.6. The van der Waals surface area contributed by atoms with Gasteiger partial charge in [0, 0.05) is 58.8 Å². The van der Waals surface area contributed by atoms with Crippen LogP contribution in [0.5, 0.6) is 5.75 Å². The average Bonchev–Trinajstić information content (AvgIpc) is 3.01. The number of nitrogens with two attached hydrogens (primary N) is 1. The monoisotopic (exact) mass is 495 g/mol. The molecule has 2 fully saturated rings. The molecule has 0 radical (unpaired) electrons. The summed E-state index contributed by atoms with van der Waals surface area (Å²) >= 11 is 0. The van der Waals surface area contributed by atoms with E-state index >= 15 is 0 Å². The van der Waals surface area contributed by atoms with Crippen LogP contribution in [0.1, 0.15) is 45.1 Å². The smallest absolute Gasteiger partial charge is 0.300 e. The highest BCUT2D eigenvalue weighted by Crippen LogP contribution is 2.22. The molecule has 2 atom stereocenters. The van der Waals surface area contributed by atoms with Gasteiger partial charge in [0.25, 0.3) is 11.9 Å². The van der Waals surface area contributed by atoms with Gasteiger partial charge in [-0.1, -0.05) is 12.1 Å². The van der Waals surface area contributed by atoms with Crippen molar-refractivity contribution in [1.29, 1.82) is 0 Å². The molecule has 0 aromatic heterocycles. The van der Waals surface area contributed by atoms with Crippen LogP contribution in [-0.4, -0.2) is 85.0 Å². The van der Waals surface area contributed by atoms with Gasteiger partial charge in [0.2, 0.25) is 5.91 Å². The zero-order chi connectivity index (χ0) is 26.2. The number of rotatable bonds is 6. The van der Waals surface area contributed by atoms with Crippen molar-refractivity contribution in [2.45, 2.75) is 58.0 Å². The fourth-order valence-electron chi connectivity index (χ4n) is 4.09. The SMILES string of the molecule is CC(=O)O.CC(=O)O.COc1ccc(CCNC(=O)[C@@H]2CC[C@H](N)CN(C3CCOCC3)C2)cc1. The maximum Gasteiger partial charge on any atom is 0.300 e. The van der Waals surface area contributed by atoms with E-state index in [2.05, 4.69) is 10.2 Å². The van der Waals surface area contributed by atoms with Gasteiger partial charge in [-0.25, -0.2) is 0 Å². The van der Waals surface area contributed by atoms with Crippen LogP contribution in [0.4, 0.5) is 0 Å². The molecule has 0 bridgehead atoms. The highest BCUT2D eigenvalue weighted by Gasteiger charge is 2.31. The van der Waals surface area contributed by atoms with Crippen LogP contribution >= 0.6 is 0 Å². The molecule has 10 nitrogen and oxygen atoms in total. The molecule has 1 amide bonds. The summed E-state index contributed by atoms with van der Waals surface area (Å²) in [6.07, 6.45) is 4.69. The van der Waals surface area contributed by atoms with E-state index in [1.807, 2.05) is 24.3 Å². The minimum absolute atomic E-state index is 0.0252. The third-order valence-electron chi connectivity index (χ3n) is 5.76. The number of nitrogens with zero attached hydrogens (tertiary/aromatic N) is 1. The highest BCUT2D eigenvalue weighted by molar-refractivity contribution is 5.78. The van der Waals surface area contributed by atoms with Crippen LogP contribution in [0.3, 0.4) is 0 Å². The van der Waals surface area contributed by atoms with Crippen molar-refractivity contribution in [3.8, 4) is 5.75 Å². The largest absolute Gasteiger partial charge is 0.497 e. The summed E-state index contributed by atoms with van der Waals surface area (Å²) in [5.74, 6) is -0.627. The fraction of sp³-hybridized carbons (Fsp3) is 0.640.